The van der Waals surface area contributed by atoms with Crippen LogP contribution < -0.4 is 4.90 Å². The van der Waals surface area contributed by atoms with Crippen molar-refractivity contribution < 1.29 is 14.6 Å². The van der Waals surface area contributed by atoms with Crippen molar-refractivity contribution in [3.8, 4) is 0 Å². The normalized spacial score (nSPS) is 25.0. The number of anilines is 1. The Morgan fingerprint density at radius 2 is 2.00 bits per heavy atom. The van der Waals surface area contributed by atoms with Crippen LogP contribution in [0.25, 0.3) is 11.0 Å². The van der Waals surface area contributed by atoms with Crippen LogP contribution in [0.1, 0.15) is 12.0 Å². The van der Waals surface area contributed by atoms with E-state index in [1.54, 1.807) is 12.5 Å². The molecule has 0 saturated carbocycles. The monoisotopic (exact) mass is 310 g/mol. The first-order chi connectivity index (χ1) is 11.2. The smallest absolute Gasteiger partial charge is 0.139 e. The van der Waals surface area contributed by atoms with Gasteiger partial charge in [0.2, 0.25) is 0 Å². The van der Waals surface area contributed by atoms with Gasteiger partial charge in [-0.05, 0) is 17.7 Å². The molecule has 2 atom stereocenters. The third-order valence-corrected chi connectivity index (χ3v) is 4.64. The van der Waals surface area contributed by atoms with Gasteiger partial charge in [0.15, 0.2) is 0 Å². The molecule has 0 unspecified atom stereocenters. The van der Waals surface area contributed by atoms with E-state index in [9.17, 15) is 10.2 Å². The van der Waals surface area contributed by atoms with E-state index in [1.807, 2.05) is 47.4 Å². The van der Waals surface area contributed by atoms with Crippen molar-refractivity contribution in [2.24, 2.45) is 0 Å². The summed E-state index contributed by atoms with van der Waals surface area (Å²) in [6.45, 7) is 0.933. The van der Waals surface area contributed by atoms with E-state index in [0.29, 0.717) is 19.5 Å². The minimum atomic E-state index is -1.22. The summed E-state index contributed by atoms with van der Waals surface area (Å²) in [6.07, 6.45) is 2.89. The summed E-state index contributed by atoms with van der Waals surface area (Å²) in [6, 6.07) is 13.1. The van der Waals surface area contributed by atoms with Crippen molar-refractivity contribution in [3.63, 3.8) is 0 Å². The molecule has 1 aliphatic rings. The van der Waals surface area contributed by atoms with Gasteiger partial charge in [-0.1, -0.05) is 30.3 Å². The van der Waals surface area contributed by atoms with E-state index in [-0.39, 0.29) is 0 Å². The number of aromatic nitrogens is 1. The van der Waals surface area contributed by atoms with Crippen molar-refractivity contribution in [2.75, 3.05) is 18.0 Å². The van der Waals surface area contributed by atoms with Crippen molar-refractivity contribution in [1.82, 2.24) is 4.98 Å². The summed E-state index contributed by atoms with van der Waals surface area (Å²) in [5, 5.41) is 22.4. The predicted octanol–water partition coefficient (Wildman–Crippen LogP) is 2.29. The number of nitrogens with zero attached hydrogens (tertiary/aromatic N) is 2. The number of rotatable bonds is 2. The molecule has 4 rings (SSSR count). The molecule has 3 heterocycles. The van der Waals surface area contributed by atoms with E-state index >= 15 is 0 Å². The Balaban J connectivity index is 1.64. The number of benzene rings is 1. The second-order valence-corrected chi connectivity index (χ2v) is 5.97. The number of furan rings is 1. The first kappa shape index (κ1) is 14.2. The molecule has 0 aliphatic carbocycles. The van der Waals surface area contributed by atoms with Crippen molar-refractivity contribution in [3.05, 3.63) is 60.5 Å². The van der Waals surface area contributed by atoms with E-state index in [0.717, 1.165) is 22.4 Å². The van der Waals surface area contributed by atoms with E-state index in [2.05, 4.69) is 4.98 Å². The zero-order chi connectivity index (χ0) is 15.9. The van der Waals surface area contributed by atoms with Gasteiger partial charge in [0.25, 0.3) is 0 Å². The molecule has 0 bridgehead atoms. The molecular weight excluding hydrogens is 292 g/mol. The molecule has 1 aliphatic heterocycles. The highest BCUT2D eigenvalue weighted by Gasteiger charge is 2.42. The second-order valence-electron chi connectivity index (χ2n) is 5.97. The largest absolute Gasteiger partial charge is 0.464 e. The zero-order valence-electron chi connectivity index (χ0n) is 12.6. The highest BCUT2D eigenvalue weighted by molar-refractivity contribution is 5.88. The maximum atomic E-state index is 10.9. The fourth-order valence-corrected chi connectivity index (χ4v) is 3.31. The third-order valence-electron chi connectivity index (χ3n) is 4.64. The van der Waals surface area contributed by atoms with Crippen LogP contribution in [0.3, 0.4) is 0 Å². The lowest BCUT2D eigenvalue weighted by molar-refractivity contribution is -0.0917. The molecule has 0 amide bonds. The first-order valence-electron chi connectivity index (χ1n) is 7.71. The Bertz CT molecular complexity index is 817. The van der Waals surface area contributed by atoms with Gasteiger partial charge in [-0.2, -0.15) is 0 Å². The number of fused-ring (bicyclic) bond motifs is 1. The summed E-state index contributed by atoms with van der Waals surface area (Å²) in [4.78, 5) is 6.43. The van der Waals surface area contributed by atoms with E-state index in [1.165, 1.54) is 0 Å². The van der Waals surface area contributed by atoms with Crippen LogP contribution >= 0.6 is 0 Å². The number of β-amino-alcohol motifs (C(OH)–C–C–N with tert-alkyl or cyclic N) is 1. The quantitative estimate of drug-likeness (QED) is 0.760. The van der Waals surface area contributed by atoms with Gasteiger partial charge < -0.3 is 19.5 Å². The van der Waals surface area contributed by atoms with Gasteiger partial charge in [-0.15, -0.1) is 0 Å². The molecule has 5 nitrogen and oxygen atoms in total. The van der Waals surface area contributed by atoms with Crippen LogP contribution in [0.4, 0.5) is 5.82 Å². The number of pyridine rings is 1. The average molecular weight is 310 g/mol. The molecule has 1 aromatic carbocycles. The van der Waals surface area contributed by atoms with Crippen LogP contribution in [0.2, 0.25) is 0 Å². The molecule has 2 aromatic heterocycles. The minimum Gasteiger partial charge on any atom is -0.464 e. The van der Waals surface area contributed by atoms with E-state index < -0.39 is 11.7 Å². The van der Waals surface area contributed by atoms with Crippen LogP contribution in [-0.4, -0.2) is 34.4 Å². The average Bonchev–Trinajstić information content (AvgIpc) is 3.07. The van der Waals surface area contributed by atoms with Gasteiger partial charge in [0.1, 0.15) is 23.1 Å². The van der Waals surface area contributed by atoms with Crippen molar-refractivity contribution in [2.45, 2.75) is 18.1 Å². The third kappa shape index (κ3) is 2.29. The molecule has 1 fully saturated rings. The zero-order valence-corrected chi connectivity index (χ0v) is 12.6. The first-order valence-corrected chi connectivity index (χ1v) is 7.71. The summed E-state index contributed by atoms with van der Waals surface area (Å²) >= 11 is 0. The minimum absolute atomic E-state index is 0.322. The molecule has 5 heteroatoms. The fraction of sp³-hybridized carbons (Fsp3) is 0.278. The lowest BCUT2D eigenvalue weighted by atomic mass is 9.82. The van der Waals surface area contributed by atoms with Crippen LogP contribution in [0.5, 0.6) is 0 Å². The summed E-state index contributed by atoms with van der Waals surface area (Å²) in [5.41, 5.74) is 0.303. The number of hydrogen-bond acceptors (Lipinski definition) is 5. The Hall–Kier alpha value is -2.37. The lowest BCUT2D eigenvalue weighted by Crippen LogP contribution is -2.53. The lowest BCUT2D eigenvalue weighted by Gasteiger charge is -2.43. The van der Waals surface area contributed by atoms with Crippen LogP contribution in [0.15, 0.2) is 59.3 Å². The summed E-state index contributed by atoms with van der Waals surface area (Å²) in [5.74, 6) is 0.783. The standard InChI is InChI=1S/C18H18N2O3/c21-16-12-20(17-14-7-11-23-15(14)6-9-19-17)10-8-18(16,22)13-4-2-1-3-5-13/h1-7,9,11,16,21-22H,8,10,12H2/t16-,18-/m0/s1. The van der Waals surface area contributed by atoms with E-state index in [4.69, 9.17) is 4.42 Å². The molecule has 2 N–H and O–H groups in total. The maximum Gasteiger partial charge on any atom is 0.139 e. The second kappa shape index (κ2) is 5.37. The Labute approximate surface area is 133 Å². The fourth-order valence-electron chi connectivity index (χ4n) is 3.31. The van der Waals surface area contributed by atoms with Gasteiger partial charge in [0, 0.05) is 25.7 Å². The van der Waals surface area contributed by atoms with Gasteiger partial charge in [-0.25, -0.2) is 4.98 Å². The molecule has 0 spiro atoms. The van der Waals surface area contributed by atoms with Crippen molar-refractivity contribution >= 4 is 16.8 Å². The van der Waals surface area contributed by atoms with Gasteiger partial charge >= 0.3 is 0 Å². The number of aliphatic hydroxyl groups excluding tert-OH is 1. The molecule has 23 heavy (non-hydrogen) atoms. The summed E-state index contributed by atoms with van der Waals surface area (Å²) in [7, 11) is 0. The molecule has 3 aromatic rings. The Kier molecular flexibility index (Phi) is 3.32. The molecule has 1 saturated heterocycles. The molecule has 118 valence electrons. The summed E-state index contributed by atoms with van der Waals surface area (Å²) < 4.78 is 5.41. The van der Waals surface area contributed by atoms with Gasteiger partial charge in [-0.3, -0.25) is 0 Å². The number of aliphatic hydroxyl groups is 2. The Morgan fingerprint density at radius 1 is 1.17 bits per heavy atom. The molecular formula is C18H18N2O3. The van der Waals surface area contributed by atoms with Crippen LogP contribution in [0, 0.1) is 0 Å². The highest BCUT2D eigenvalue weighted by atomic mass is 16.3. The SMILES string of the molecule is O[C@H]1CN(c2nccc3occc23)CC[C@]1(O)c1ccccc1. The van der Waals surface area contributed by atoms with Crippen molar-refractivity contribution in [1.29, 1.82) is 0 Å². The number of piperidine rings is 1. The number of hydrogen-bond donors (Lipinski definition) is 2. The topological polar surface area (TPSA) is 69.7 Å². The molecule has 0 radical (unpaired) electrons. The maximum absolute atomic E-state index is 10.9. The Morgan fingerprint density at radius 3 is 2.78 bits per heavy atom. The predicted molar refractivity (Wildman–Crippen MR) is 87.2 cm³/mol. The van der Waals surface area contributed by atoms with Gasteiger partial charge in [0.05, 0.1) is 11.6 Å². The highest BCUT2D eigenvalue weighted by Crippen LogP contribution is 2.36. The van der Waals surface area contributed by atoms with Crippen LogP contribution in [-0.2, 0) is 5.60 Å².